The van der Waals surface area contributed by atoms with Gasteiger partial charge in [-0.05, 0) is 56.6 Å². The Hall–Kier alpha value is -1.39. The van der Waals surface area contributed by atoms with Gasteiger partial charge in [-0.1, -0.05) is 63.4 Å². The molecule has 1 saturated heterocycles. The van der Waals surface area contributed by atoms with Crippen molar-refractivity contribution in [3.8, 4) is 0 Å². The summed E-state index contributed by atoms with van der Waals surface area (Å²) >= 11 is 0. The molecule has 0 radical (unpaired) electrons. The third kappa shape index (κ3) is 5.61. The third-order valence-corrected chi connectivity index (χ3v) is 7.30. The average Bonchev–Trinajstić information content (AvgIpc) is 3.30. The highest BCUT2D eigenvalue weighted by atomic mass is 16.3. The first-order valence-corrected chi connectivity index (χ1v) is 11.8. The number of hydrogen-bond donors (Lipinski definition) is 2. The van der Waals surface area contributed by atoms with Gasteiger partial charge in [0.25, 0.3) is 5.91 Å². The summed E-state index contributed by atoms with van der Waals surface area (Å²) in [7, 11) is 0. The molecular formula is C25H40N2O2. The fourth-order valence-corrected chi connectivity index (χ4v) is 5.05. The van der Waals surface area contributed by atoms with E-state index in [4.69, 9.17) is 0 Å². The molecule has 29 heavy (non-hydrogen) atoms. The Kier molecular flexibility index (Phi) is 8.14. The lowest BCUT2D eigenvalue weighted by Gasteiger charge is -2.37. The maximum atomic E-state index is 13.3. The van der Waals surface area contributed by atoms with E-state index in [1.807, 2.05) is 30.3 Å². The smallest absolute Gasteiger partial charge is 0.257 e. The van der Waals surface area contributed by atoms with Crippen molar-refractivity contribution in [2.75, 3.05) is 19.6 Å². The van der Waals surface area contributed by atoms with Crippen molar-refractivity contribution >= 4 is 5.91 Å². The minimum atomic E-state index is -1.40. The molecule has 1 saturated carbocycles. The molecule has 3 rings (SSSR count). The number of nitrogens with zero attached hydrogens (tertiary/aromatic N) is 1. The van der Waals surface area contributed by atoms with Crippen molar-refractivity contribution in [2.45, 2.75) is 83.3 Å². The van der Waals surface area contributed by atoms with E-state index in [9.17, 15) is 9.90 Å². The van der Waals surface area contributed by atoms with Crippen LogP contribution < -0.4 is 5.32 Å². The van der Waals surface area contributed by atoms with Gasteiger partial charge in [-0.3, -0.25) is 4.79 Å². The Bertz CT molecular complexity index is 621. The summed E-state index contributed by atoms with van der Waals surface area (Å²) in [4.78, 5) is 15.8. The highest BCUT2D eigenvalue weighted by Crippen LogP contribution is 2.41. The van der Waals surface area contributed by atoms with Gasteiger partial charge in [0.15, 0.2) is 5.60 Å². The molecule has 0 spiro atoms. The van der Waals surface area contributed by atoms with Crippen LogP contribution in [0.15, 0.2) is 30.3 Å². The van der Waals surface area contributed by atoms with E-state index < -0.39 is 5.60 Å². The number of nitrogens with one attached hydrogen (secondary N) is 1. The highest BCUT2D eigenvalue weighted by molar-refractivity contribution is 5.87. The van der Waals surface area contributed by atoms with Gasteiger partial charge < -0.3 is 15.3 Å². The molecule has 1 aliphatic carbocycles. The number of aliphatic hydroxyl groups is 1. The van der Waals surface area contributed by atoms with Crippen molar-refractivity contribution in [3.05, 3.63) is 35.9 Å². The molecule has 1 aromatic rings. The number of rotatable bonds is 9. The van der Waals surface area contributed by atoms with Crippen LogP contribution in [0.3, 0.4) is 0 Å². The van der Waals surface area contributed by atoms with Crippen molar-refractivity contribution in [2.24, 2.45) is 11.8 Å². The van der Waals surface area contributed by atoms with E-state index in [1.165, 1.54) is 25.8 Å². The second kappa shape index (κ2) is 10.6. The summed E-state index contributed by atoms with van der Waals surface area (Å²) in [5.41, 5.74) is -0.655. The Morgan fingerprint density at radius 2 is 1.83 bits per heavy atom. The fraction of sp³-hybridized carbons (Fsp3) is 0.720. The van der Waals surface area contributed by atoms with E-state index >= 15 is 0 Å². The van der Waals surface area contributed by atoms with Crippen molar-refractivity contribution in [1.82, 2.24) is 10.2 Å². The van der Waals surface area contributed by atoms with Crippen LogP contribution >= 0.6 is 0 Å². The first-order valence-electron chi connectivity index (χ1n) is 11.8. The number of benzene rings is 1. The Labute approximate surface area is 177 Å². The van der Waals surface area contributed by atoms with Crippen LogP contribution in [0.1, 0.15) is 77.2 Å². The Morgan fingerprint density at radius 3 is 2.45 bits per heavy atom. The summed E-state index contributed by atoms with van der Waals surface area (Å²) in [5, 5.41) is 14.8. The summed E-state index contributed by atoms with van der Waals surface area (Å²) in [6.07, 6.45) is 9.83. The lowest BCUT2D eigenvalue weighted by molar-refractivity contribution is -0.148. The lowest BCUT2D eigenvalue weighted by Crippen LogP contribution is -2.54. The van der Waals surface area contributed by atoms with Crippen LogP contribution in [0.25, 0.3) is 0 Å². The predicted molar refractivity (Wildman–Crippen MR) is 119 cm³/mol. The largest absolute Gasteiger partial charge is 0.375 e. The average molecular weight is 401 g/mol. The number of carbonyl (C=O) groups is 1. The first kappa shape index (κ1) is 22.3. The van der Waals surface area contributed by atoms with Crippen molar-refractivity contribution in [3.63, 3.8) is 0 Å². The first-order chi connectivity index (χ1) is 14.0. The van der Waals surface area contributed by atoms with E-state index in [0.29, 0.717) is 0 Å². The standard InChI is InChI=1S/C25H40N2O2/c1-3-20(2)10-9-17-27-18-15-23(16-19-27)26-24(28)25(29,22-13-7-8-14-22)21-11-5-4-6-12-21/h4-6,11-12,20,22-23,29H,3,7-10,13-19H2,1-2H3,(H,26,28)/t20-,25?/m0/s1. The summed E-state index contributed by atoms with van der Waals surface area (Å²) in [6.45, 7) is 7.85. The lowest BCUT2D eigenvalue weighted by atomic mass is 9.79. The number of amides is 1. The molecule has 1 aromatic carbocycles. The maximum absolute atomic E-state index is 13.3. The predicted octanol–water partition coefficient (Wildman–Crippen LogP) is 4.47. The normalized spacial score (nSPS) is 22.3. The SMILES string of the molecule is CC[C@H](C)CCCN1CCC(NC(=O)C(O)(c2ccccc2)C2CCCC2)CC1. The van der Waals surface area contributed by atoms with Crippen LogP contribution in [0.4, 0.5) is 0 Å². The van der Waals surface area contributed by atoms with Crippen molar-refractivity contribution < 1.29 is 9.90 Å². The maximum Gasteiger partial charge on any atom is 0.257 e. The van der Waals surface area contributed by atoms with Crippen LogP contribution in [-0.4, -0.2) is 41.6 Å². The molecule has 1 aliphatic heterocycles. The molecule has 1 unspecified atom stereocenters. The van der Waals surface area contributed by atoms with E-state index in [0.717, 1.165) is 63.1 Å². The topological polar surface area (TPSA) is 52.6 Å². The van der Waals surface area contributed by atoms with E-state index in [-0.39, 0.29) is 17.9 Å². The number of carbonyl (C=O) groups excluding carboxylic acids is 1. The quantitative estimate of drug-likeness (QED) is 0.643. The molecule has 2 aliphatic rings. The van der Waals surface area contributed by atoms with Crippen molar-refractivity contribution in [1.29, 1.82) is 0 Å². The van der Waals surface area contributed by atoms with Crippen LogP contribution in [0.5, 0.6) is 0 Å². The second-order valence-electron chi connectivity index (χ2n) is 9.36. The zero-order chi connectivity index (χ0) is 20.7. The van der Waals surface area contributed by atoms with Gasteiger partial charge in [-0.2, -0.15) is 0 Å². The highest BCUT2D eigenvalue weighted by Gasteiger charge is 2.46. The monoisotopic (exact) mass is 400 g/mol. The second-order valence-corrected chi connectivity index (χ2v) is 9.36. The molecule has 1 amide bonds. The number of likely N-dealkylation sites (tertiary alicyclic amines) is 1. The molecule has 0 bridgehead atoms. The zero-order valence-electron chi connectivity index (χ0n) is 18.4. The molecule has 2 N–H and O–H groups in total. The number of hydrogen-bond acceptors (Lipinski definition) is 3. The Balaban J connectivity index is 1.54. The van der Waals surface area contributed by atoms with Gasteiger partial charge in [0.05, 0.1) is 0 Å². The van der Waals surface area contributed by atoms with Gasteiger partial charge in [0.2, 0.25) is 0 Å². The summed E-state index contributed by atoms with van der Waals surface area (Å²) < 4.78 is 0. The van der Waals surface area contributed by atoms with E-state index in [1.54, 1.807) is 0 Å². The third-order valence-electron chi connectivity index (χ3n) is 7.30. The molecule has 4 nitrogen and oxygen atoms in total. The van der Waals surface area contributed by atoms with Crippen LogP contribution in [0.2, 0.25) is 0 Å². The van der Waals surface area contributed by atoms with E-state index in [2.05, 4.69) is 24.1 Å². The molecule has 4 heteroatoms. The zero-order valence-corrected chi connectivity index (χ0v) is 18.4. The van der Waals surface area contributed by atoms with Gasteiger partial charge in [0.1, 0.15) is 0 Å². The molecule has 2 atom stereocenters. The molecular weight excluding hydrogens is 360 g/mol. The minimum Gasteiger partial charge on any atom is -0.375 e. The van der Waals surface area contributed by atoms with Gasteiger partial charge >= 0.3 is 0 Å². The fourth-order valence-electron chi connectivity index (χ4n) is 5.05. The number of piperidine rings is 1. The van der Waals surface area contributed by atoms with Gasteiger partial charge in [-0.25, -0.2) is 0 Å². The summed E-state index contributed by atoms with van der Waals surface area (Å²) in [6, 6.07) is 9.74. The van der Waals surface area contributed by atoms with Gasteiger partial charge in [0, 0.05) is 25.0 Å². The Morgan fingerprint density at radius 1 is 1.17 bits per heavy atom. The minimum absolute atomic E-state index is 0.0190. The van der Waals surface area contributed by atoms with Gasteiger partial charge in [-0.15, -0.1) is 0 Å². The molecule has 0 aromatic heterocycles. The van der Waals surface area contributed by atoms with Crippen LogP contribution in [0, 0.1) is 11.8 Å². The molecule has 162 valence electrons. The molecule has 2 fully saturated rings. The molecule has 1 heterocycles. The summed E-state index contributed by atoms with van der Waals surface area (Å²) in [5.74, 6) is 0.648. The van der Waals surface area contributed by atoms with Crippen LogP contribution in [-0.2, 0) is 10.4 Å².